The lowest BCUT2D eigenvalue weighted by Crippen LogP contribution is -2.30. The normalized spacial score (nSPS) is 10.9. The molecular weight excluding hydrogens is 356 g/mol. The first-order chi connectivity index (χ1) is 12.4. The summed E-state index contributed by atoms with van der Waals surface area (Å²) in [6, 6.07) is 3.26. The molecule has 0 unspecified atom stereocenters. The van der Waals surface area contributed by atoms with Crippen molar-refractivity contribution in [2.75, 3.05) is 33.1 Å². The van der Waals surface area contributed by atoms with Crippen molar-refractivity contribution in [2.45, 2.75) is 26.9 Å². The average Bonchev–Trinajstić information content (AvgIpc) is 2.95. The Kier molecular flexibility index (Phi) is 6.88. The van der Waals surface area contributed by atoms with E-state index in [2.05, 4.69) is 17.3 Å². The van der Waals surface area contributed by atoms with E-state index in [-0.39, 0.29) is 12.5 Å². The number of nitrogens with zero attached hydrogens (tertiary/aromatic N) is 3. The molecule has 0 radical (unpaired) electrons. The minimum Gasteiger partial charge on any atom is -0.495 e. The maximum atomic E-state index is 12.4. The maximum Gasteiger partial charge on any atom is 0.238 e. The first kappa shape index (κ1) is 20.1. The van der Waals surface area contributed by atoms with Gasteiger partial charge in [-0.05, 0) is 20.9 Å². The third-order valence-corrected chi connectivity index (χ3v) is 4.40. The molecular formula is C18H25ClN4O3. The molecule has 0 bridgehead atoms. The summed E-state index contributed by atoms with van der Waals surface area (Å²) in [7, 11) is 4.93. The molecule has 1 aromatic heterocycles. The highest BCUT2D eigenvalue weighted by Crippen LogP contribution is 2.35. The SMILES string of the molecule is CCn1ncc(CN(C)CC(=O)Nc2cc(OC)c(Cl)cc2OC)c1C. The molecule has 1 N–H and O–H groups in total. The van der Waals surface area contributed by atoms with Crippen LogP contribution in [0.25, 0.3) is 0 Å². The van der Waals surface area contributed by atoms with Crippen molar-refractivity contribution in [3.05, 3.63) is 34.6 Å². The van der Waals surface area contributed by atoms with Crippen LogP contribution < -0.4 is 14.8 Å². The Morgan fingerprint density at radius 1 is 1.31 bits per heavy atom. The lowest BCUT2D eigenvalue weighted by Gasteiger charge is -2.17. The van der Waals surface area contributed by atoms with Crippen molar-refractivity contribution < 1.29 is 14.3 Å². The van der Waals surface area contributed by atoms with Gasteiger partial charge in [0, 0.05) is 36.5 Å². The number of ether oxygens (including phenoxy) is 2. The van der Waals surface area contributed by atoms with Gasteiger partial charge < -0.3 is 14.8 Å². The molecule has 0 saturated carbocycles. The van der Waals surface area contributed by atoms with Crippen LogP contribution in [-0.2, 0) is 17.9 Å². The molecule has 0 aliphatic carbocycles. The average molecular weight is 381 g/mol. The van der Waals surface area contributed by atoms with Gasteiger partial charge in [-0.15, -0.1) is 0 Å². The molecule has 0 spiro atoms. The number of benzene rings is 1. The topological polar surface area (TPSA) is 68.6 Å². The Balaban J connectivity index is 2.02. The molecule has 2 rings (SSSR count). The summed E-state index contributed by atoms with van der Waals surface area (Å²) in [4.78, 5) is 14.3. The van der Waals surface area contributed by atoms with E-state index >= 15 is 0 Å². The maximum absolute atomic E-state index is 12.4. The van der Waals surface area contributed by atoms with Gasteiger partial charge in [0.2, 0.25) is 5.91 Å². The summed E-state index contributed by atoms with van der Waals surface area (Å²) in [5.41, 5.74) is 2.74. The fraction of sp³-hybridized carbons (Fsp3) is 0.444. The van der Waals surface area contributed by atoms with Crippen LogP contribution >= 0.6 is 11.6 Å². The number of hydrogen-bond acceptors (Lipinski definition) is 5. The first-order valence-corrected chi connectivity index (χ1v) is 8.68. The van der Waals surface area contributed by atoms with Gasteiger partial charge in [0.05, 0.1) is 37.7 Å². The fourth-order valence-corrected chi connectivity index (χ4v) is 2.93. The van der Waals surface area contributed by atoms with Crippen molar-refractivity contribution >= 4 is 23.2 Å². The van der Waals surface area contributed by atoms with Crippen LogP contribution in [0.4, 0.5) is 5.69 Å². The summed E-state index contributed by atoms with van der Waals surface area (Å²) in [6.45, 7) is 5.78. The van der Waals surface area contributed by atoms with Crippen LogP contribution in [0.2, 0.25) is 5.02 Å². The predicted octanol–water partition coefficient (Wildman–Crippen LogP) is 2.95. The lowest BCUT2D eigenvalue weighted by atomic mass is 10.2. The van der Waals surface area contributed by atoms with E-state index in [1.54, 1.807) is 12.1 Å². The summed E-state index contributed by atoms with van der Waals surface area (Å²) < 4.78 is 12.4. The molecule has 1 aromatic carbocycles. The molecule has 0 fully saturated rings. The van der Waals surface area contributed by atoms with Gasteiger partial charge >= 0.3 is 0 Å². The zero-order valence-electron chi connectivity index (χ0n) is 15.8. The summed E-state index contributed by atoms with van der Waals surface area (Å²) in [5.74, 6) is 0.793. The van der Waals surface area contributed by atoms with Crippen molar-refractivity contribution in [2.24, 2.45) is 0 Å². The van der Waals surface area contributed by atoms with E-state index in [9.17, 15) is 4.79 Å². The number of carbonyl (C=O) groups is 1. The number of aromatic nitrogens is 2. The fourth-order valence-electron chi connectivity index (χ4n) is 2.70. The van der Waals surface area contributed by atoms with E-state index in [4.69, 9.17) is 21.1 Å². The Labute approximate surface area is 158 Å². The minimum absolute atomic E-state index is 0.157. The number of anilines is 1. The minimum atomic E-state index is -0.157. The zero-order chi connectivity index (χ0) is 19.3. The molecule has 26 heavy (non-hydrogen) atoms. The van der Waals surface area contributed by atoms with Crippen molar-refractivity contribution in [1.82, 2.24) is 14.7 Å². The van der Waals surface area contributed by atoms with Gasteiger partial charge in [-0.3, -0.25) is 14.4 Å². The van der Waals surface area contributed by atoms with E-state index < -0.39 is 0 Å². The monoisotopic (exact) mass is 380 g/mol. The summed E-state index contributed by atoms with van der Waals surface area (Å²) >= 11 is 6.09. The predicted molar refractivity (Wildman–Crippen MR) is 102 cm³/mol. The molecule has 1 heterocycles. The Hall–Kier alpha value is -2.25. The first-order valence-electron chi connectivity index (χ1n) is 8.30. The highest BCUT2D eigenvalue weighted by atomic mass is 35.5. The number of aryl methyl sites for hydroxylation is 1. The van der Waals surface area contributed by atoms with Gasteiger partial charge in [-0.2, -0.15) is 5.10 Å². The van der Waals surface area contributed by atoms with Crippen LogP contribution in [-0.4, -0.2) is 48.4 Å². The van der Waals surface area contributed by atoms with Gasteiger partial charge in [0.15, 0.2) is 0 Å². The number of nitrogens with one attached hydrogen (secondary N) is 1. The van der Waals surface area contributed by atoms with E-state index in [1.165, 1.54) is 14.2 Å². The standard InChI is InChI=1S/C18H25ClN4O3/c1-6-23-12(2)13(9-20-23)10-22(3)11-18(24)21-15-8-16(25-4)14(19)7-17(15)26-5/h7-9H,6,10-11H2,1-5H3,(H,21,24). The molecule has 0 aliphatic rings. The molecule has 0 aliphatic heterocycles. The van der Waals surface area contributed by atoms with Crippen LogP contribution in [0.3, 0.4) is 0 Å². The van der Waals surface area contributed by atoms with E-state index in [1.807, 2.05) is 29.7 Å². The largest absolute Gasteiger partial charge is 0.495 e. The number of likely N-dealkylation sites (N-methyl/N-ethyl adjacent to an activating group) is 1. The Morgan fingerprint density at radius 3 is 2.58 bits per heavy atom. The van der Waals surface area contributed by atoms with Crippen LogP contribution in [0.5, 0.6) is 11.5 Å². The van der Waals surface area contributed by atoms with Crippen molar-refractivity contribution in [3.8, 4) is 11.5 Å². The van der Waals surface area contributed by atoms with Crippen molar-refractivity contribution in [1.29, 1.82) is 0 Å². The van der Waals surface area contributed by atoms with Gasteiger partial charge in [0.25, 0.3) is 0 Å². The van der Waals surface area contributed by atoms with Crippen LogP contribution in [0.1, 0.15) is 18.2 Å². The second-order valence-corrected chi connectivity index (χ2v) is 6.39. The highest BCUT2D eigenvalue weighted by molar-refractivity contribution is 6.32. The van der Waals surface area contributed by atoms with Gasteiger partial charge in [0.1, 0.15) is 11.5 Å². The molecule has 7 nitrogen and oxygen atoms in total. The molecule has 8 heteroatoms. The zero-order valence-corrected chi connectivity index (χ0v) is 16.6. The van der Waals surface area contributed by atoms with Gasteiger partial charge in [-0.1, -0.05) is 11.6 Å². The number of hydrogen-bond donors (Lipinski definition) is 1. The highest BCUT2D eigenvalue weighted by Gasteiger charge is 2.15. The number of rotatable bonds is 8. The van der Waals surface area contributed by atoms with E-state index in [0.29, 0.717) is 28.8 Å². The molecule has 142 valence electrons. The number of methoxy groups -OCH3 is 2. The number of carbonyl (C=O) groups excluding carboxylic acids is 1. The van der Waals surface area contributed by atoms with Gasteiger partial charge in [-0.25, -0.2) is 0 Å². The Morgan fingerprint density at radius 2 is 2.00 bits per heavy atom. The van der Waals surface area contributed by atoms with E-state index in [0.717, 1.165) is 17.8 Å². The number of halogens is 1. The molecule has 1 amide bonds. The summed E-state index contributed by atoms with van der Waals surface area (Å²) in [6.07, 6.45) is 1.85. The molecule has 2 aromatic rings. The Bertz CT molecular complexity index is 776. The quantitative estimate of drug-likeness (QED) is 0.762. The second-order valence-electron chi connectivity index (χ2n) is 5.98. The second kappa shape index (κ2) is 8.91. The third kappa shape index (κ3) is 4.68. The van der Waals surface area contributed by atoms with Crippen molar-refractivity contribution in [3.63, 3.8) is 0 Å². The molecule has 0 atom stereocenters. The third-order valence-electron chi connectivity index (χ3n) is 4.11. The number of amides is 1. The summed E-state index contributed by atoms with van der Waals surface area (Å²) in [5, 5.41) is 7.60. The smallest absolute Gasteiger partial charge is 0.238 e. The van der Waals surface area contributed by atoms with Crippen LogP contribution in [0, 0.1) is 6.92 Å². The lowest BCUT2D eigenvalue weighted by molar-refractivity contribution is -0.117. The van der Waals surface area contributed by atoms with Crippen LogP contribution in [0.15, 0.2) is 18.3 Å². The molecule has 0 saturated heterocycles.